The van der Waals surface area contributed by atoms with Crippen LogP contribution in [0, 0.1) is 6.92 Å². The number of ether oxygens (including phenoxy) is 1. The Kier molecular flexibility index (Phi) is 7.38. The first-order valence-corrected chi connectivity index (χ1v) is 14.3. The van der Waals surface area contributed by atoms with Gasteiger partial charge in [-0.05, 0) is 55.3 Å². The molecule has 0 atom stereocenters. The number of amides is 1. The average Bonchev–Trinajstić information content (AvgIpc) is 3.48. The van der Waals surface area contributed by atoms with E-state index < -0.39 is 10.0 Å². The highest BCUT2D eigenvalue weighted by molar-refractivity contribution is 7.90. The number of rotatable bonds is 8. The van der Waals surface area contributed by atoms with Crippen molar-refractivity contribution in [3.63, 3.8) is 0 Å². The fraction of sp³-hybridized carbons (Fsp3) is 0.357. The molecule has 1 N–H and O–H groups in total. The molecule has 200 valence electrons. The van der Waals surface area contributed by atoms with Gasteiger partial charge in [0.15, 0.2) is 5.69 Å². The number of carbonyl (C=O) groups is 1. The minimum Gasteiger partial charge on any atom is -0.379 e. The normalized spacial score (nSPS) is 14.7. The number of morpholine rings is 1. The predicted octanol–water partition coefficient (Wildman–Crippen LogP) is 3.21. The van der Waals surface area contributed by atoms with E-state index in [-0.39, 0.29) is 10.8 Å². The van der Waals surface area contributed by atoms with E-state index in [0.717, 1.165) is 61.5 Å². The molecular formula is C28H33N5O4S. The molecule has 0 saturated carbocycles. The number of aryl methyl sites for hydroxylation is 3. The second-order valence-corrected chi connectivity index (χ2v) is 11.4. The van der Waals surface area contributed by atoms with Crippen molar-refractivity contribution in [3.05, 3.63) is 71.5 Å². The number of nitrogens with zero attached hydrogens (tertiary/aromatic N) is 4. The summed E-state index contributed by atoms with van der Waals surface area (Å²) in [6, 6.07) is 16.3. The van der Waals surface area contributed by atoms with E-state index >= 15 is 0 Å². The molecule has 0 bridgehead atoms. The lowest BCUT2D eigenvalue weighted by molar-refractivity contribution is 0.0383. The van der Waals surface area contributed by atoms with Crippen LogP contribution >= 0.6 is 0 Å². The Morgan fingerprint density at radius 3 is 2.50 bits per heavy atom. The molecule has 1 amide bonds. The maximum atomic E-state index is 13.5. The molecule has 1 aliphatic heterocycles. The molecule has 0 radical (unpaired) electrons. The Bertz CT molecular complexity index is 1560. The van der Waals surface area contributed by atoms with Crippen molar-refractivity contribution in [2.24, 2.45) is 7.05 Å². The van der Waals surface area contributed by atoms with Crippen LogP contribution in [0.15, 0.2) is 59.5 Å². The summed E-state index contributed by atoms with van der Waals surface area (Å²) in [4.78, 5) is 15.2. The van der Waals surface area contributed by atoms with Crippen LogP contribution < -0.4 is 5.32 Å². The summed E-state index contributed by atoms with van der Waals surface area (Å²) in [5, 5.41) is 8.17. The van der Waals surface area contributed by atoms with E-state index in [4.69, 9.17) is 4.74 Å². The van der Waals surface area contributed by atoms with Gasteiger partial charge in [0.05, 0.1) is 29.3 Å². The van der Waals surface area contributed by atoms with Crippen LogP contribution in [0.5, 0.6) is 0 Å². The zero-order chi connectivity index (χ0) is 26.9. The van der Waals surface area contributed by atoms with Crippen molar-refractivity contribution < 1.29 is 17.9 Å². The maximum absolute atomic E-state index is 13.5. The molecular weight excluding hydrogens is 502 g/mol. The van der Waals surface area contributed by atoms with E-state index in [9.17, 15) is 13.2 Å². The summed E-state index contributed by atoms with van der Waals surface area (Å²) >= 11 is 0. The first kappa shape index (κ1) is 26.1. The molecule has 10 heteroatoms. The van der Waals surface area contributed by atoms with Crippen LogP contribution in [0.25, 0.3) is 22.2 Å². The Hall–Kier alpha value is -3.47. The first-order valence-electron chi connectivity index (χ1n) is 12.9. The highest BCUT2D eigenvalue weighted by Gasteiger charge is 2.22. The molecule has 1 saturated heterocycles. The largest absolute Gasteiger partial charge is 0.379 e. The van der Waals surface area contributed by atoms with Gasteiger partial charge in [-0.15, -0.1) is 0 Å². The lowest BCUT2D eigenvalue weighted by Gasteiger charge is -2.26. The van der Waals surface area contributed by atoms with Crippen molar-refractivity contribution in [1.29, 1.82) is 0 Å². The van der Waals surface area contributed by atoms with Gasteiger partial charge in [-0.1, -0.05) is 25.1 Å². The number of carbonyl (C=O) groups excluding carboxylic acids is 1. The number of nitrogens with one attached hydrogen (secondary N) is 1. The molecule has 2 aromatic carbocycles. The lowest BCUT2D eigenvalue weighted by atomic mass is 10.1. The third kappa shape index (κ3) is 5.11. The molecule has 1 fully saturated rings. The zero-order valence-corrected chi connectivity index (χ0v) is 22.8. The Labute approximate surface area is 223 Å². The standard InChI is InChI=1S/C28H33N5O4S/c1-4-21-5-8-24(9-6-21)38(35,36)33-20(2)17-23-18-22(7-10-26(23)33)27-19-25(30-31(27)3)28(34)29-11-12-32-13-15-37-16-14-32/h5-10,17-19H,4,11-16H2,1-3H3,(H,29,34). The molecule has 5 rings (SSSR count). The molecule has 2 aromatic heterocycles. The summed E-state index contributed by atoms with van der Waals surface area (Å²) in [6.45, 7) is 8.34. The van der Waals surface area contributed by atoms with Gasteiger partial charge in [-0.2, -0.15) is 5.10 Å². The lowest BCUT2D eigenvalue weighted by Crippen LogP contribution is -2.41. The van der Waals surface area contributed by atoms with Gasteiger partial charge in [0.25, 0.3) is 15.9 Å². The number of hydrogen-bond donors (Lipinski definition) is 1. The SMILES string of the molecule is CCc1ccc(S(=O)(=O)n2c(C)cc3cc(-c4cc(C(=O)NCCN5CCOCC5)nn4C)ccc32)cc1. The van der Waals surface area contributed by atoms with Crippen LogP contribution in [0.1, 0.15) is 28.7 Å². The van der Waals surface area contributed by atoms with Gasteiger partial charge in [0.1, 0.15) is 0 Å². The summed E-state index contributed by atoms with van der Waals surface area (Å²) < 4.78 is 35.4. The van der Waals surface area contributed by atoms with E-state index in [2.05, 4.69) is 15.3 Å². The molecule has 0 unspecified atom stereocenters. The Morgan fingerprint density at radius 1 is 1.05 bits per heavy atom. The minimum atomic E-state index is -3.75. The van der Waals surface area contributed by atoms with E-state index in [1.165, 1.54) is 3.97 Å². The van der Waals surface area contributed by atoms with E-state index in [1.807, 2.05) is 43.3 Å². The van der Waals surface area contributed by atoms with E-state index in [1.54, 1.807) is 36.9 Å². The van der Waals surface area contributed by atoms with Crippen LogP contribution in [0.2, 0.25) is 0 Å². The van der Waals surface area contributed by atoms with Gasteiger partial charge in [0.2, 0.25) is 0 Å². The fourth-order valence-corrected chi connectivity index (χ4v) is 6.45. The van der Waals surface area contributed by atoms with Gasteiger partial charge < -0.3 is 10.1 Å². The number of benzene rings is 2. The monoisotopic (exact) mass is 535 g/mol. The van der Waals surface area contributed by atoms with Crippen LogP contribution in [-0.4, -0.2) is 72.4 Å². The fourth-order valence-electron chi connectivity index (χ4n) is 4.90. The molecule has 38 heavy (non-hydrogen) atoms. The van der Waals surface area contributed by atoms with Crippen molar-refractivity contribution in [2.75, 3.05) is 39.4 Å². The molecule has 0 spiro atoms. The van der Waals surface area contributed by atoms with Gasteiger partial charge in [-0.3, -0.25) is 14.4 Å². The summed E-state index contributed by atoms with van der Waals surface area (Å²) in [7, 11) is -1.96. The third-order valence-electron chi connectivity index (χ3n) is 7.03. The Morgan fingerprint density at radius 2 is 1.79 bits per heavy atom. The quantitative estimate of drug-likeness (QED) is 0.372. The molecule has 9 nitrogen and oxygen atoms in total. The maximum Gasteiger partial charge on any atom is 0.271 e. The first-order chi connectivity index (χ1) is 18.3. The molecule has 4 aromatic rings. The third-order valence-corrected chi connectivity index (χ3v) is 8.86. The molecule has 0 aliphatic carbocycles. The topological polar surface area (TPSA) is 98.5 Å². The van der Waals surface area contributed by atoms with Gasteiger partial charge in [-0.25, -0.2) is 12.4 Å². The summed E-state index contributed by atoms with van der Waals surface area (Å²) in [5.41, 5.74) is 4.28. The Balaban J connectivity index is 1.37. The predicted molar refractivity (Wildman–Crippen MR) is 147 cm³/mol. The molecule has 1 aliphatic rings. The highest BCUT2D eigenvalue weighted by atomic mass is 32.2. The van der Waals surface area contributed by atoms with Crippen molar-refractivity contribution in [2.45, 2.75) is 25.2 Å². The van der Waals surface area contributed by atoms with E-state index in [0.29, 0.717) is 23.4 Å². The van der Waals surface area contributed by atoms with Crippen molar-refractivity contribution in [3.8, 4) is 11.3 Å². The highest BCUT2D eigenvalue weighted by Crippen LogP contribution is 2.30. The van der Waals surface area contributed by atoms with Crippen molar-refractivity contribution in [1.82, 2.24) is 24.0 Å². The number of hydrogen-bond acceptors (Lipinski definition) is 6. The zero-order valence-electron chi connectivity index (χ0n) is 22.0. The van der Waals surface area contributed by atoms with Crippen LogP contribution in [-0.2, 0) is 28.2 Å². The second kappa shape index (κ2) is 10.7. The van der Waals surface area contributed by atoms with Crippen molar-refractivity contribution >= 4 is 26.8 Å². The average molecular weight is 536 g/mol. The van der Waals surface area contributed by atoms with Gasteiger partial charge >= 0.3 is 0 Å². The smallest absolute Gasteiger partial charge is 0.271 e. The summed E-state index contributed by atoms with van der Waals surface area (Å²) in [6.07, 6.45) is 0.848. The second-order valence-electron chi connectivity index (χ2n) is 9.57. The van der Waals surface area contributed by atoms with Crippen LogP contribution in [0.3, 0.4) is 0 Å². The summed E-state index contributed by atoms with van der Waals surface area (Å²) in [5.74, 6) is -0.219. The molecule has 3 heterocycles. The van der Waals surface area contributed by atoms with Crippen LogP contribution in [0.4, 0.5) is 0 Å². The number of fused-ring (bicyclic) bond motifs is 1. The number of aromatic nitrogens is 3. The minimum absolute atomic E-state index is 0.219. The van der Waals surface area contributed by atoms with Gasteiger partial charge in [0, 0.05) is 49.9 Å².